The van der Waals surface area contributed by atoms with Crippen LogP contribution >= 0.6 is 0 Å². The average molecular weight is 255 g/mol. The van der Waals surface area contributed by atoms with Crippen LogP contribution in [0.25, 0.3) is 0 Å². The molecule has 0 aromatic heterocycles. The minimum Gasteiger partial charge on any atom is -0.462 e. The molecule has 0 aromatic carbocycles. The monoisotopic (exact) mass is 255 g/mol. The number of carbonyl (C=O) groups excluding carboxylic acids is 2. The van der Waals surface area contributed by atoms with Gasteiger partial charge in [0, 0.05) is 12.2 Å². The standard InChI is InChI=1S/C13H21NO4/c1-3-17-12(15)11(13(16)18-4-2)9-14-10-7-5-6-8-10/h9-10,14H,3-8H2,1-2H3. The lowest BCUT2D eigenvalue weighted by molar-refractivity contribution is -0.146. The molecular formula is C13H21NO4. The van der Waals surface area contributed by atoms with Gasteiger partial charge < -0.3 is 14.8 Å². The normalized spacial score (nSPS) is 15.0. The van der Waals surface area contributed by atoms with Crippen LogP contribution < -0.4 is 5.32 Å². The average Bonchev–Trinajstić information content (AvgIpc) is 2.83. The molecule has 18 heavy (non-hydrogen) atoms. The molecule has 0 atom stereocenters. The lowest BCUT2D eigenvalue weighted by atomic mass is 10.2. The summed E-state index contributed by atoms with van der Waals surface area (Å²) in [6.07, 6.45) is 5.93. The Balaban J connectivity index is 2.65. The lowest BCUT2D eigenvalue weighted by Gasteiger charge is -2.11. The van der Waals surface area contributed by atoms with Gasteiger partial charge >= 0.3 is 11.9 Å². The maximum Gasteiger partial charge on any atom is 0.347 e. The molecule has 1 N–H and O–H groups in total. The molecule has 1 rings (SSSR count). The van der Waals surface area contributed by atoms with Crippen molar-refractivity contribution in [3.63, 3.8) is 0 Å². The van der Waals surface area contributed by atoms with Gasteiger partial charge in [-0.3, -0.25) is 0 Å². The highest BCUT2D eigenvalue weighted by Gasteiger charge is 2.22. The molecule has 0 aromatic rings. The van der Waals surface area contributed by atoms with Crippen molar-refractivity contribution >= 4 is 11.9 Å². The Labute approximate surface area is 108 Å². The molecule has 1 fully saturated rings. The Kier molecular flexibility index (Phi) is 6.25. The molecule has 5 nitrogen and oxygen atoms in total. The first-order valence-electron chi connectivity index (χ1n) is 6.49. The SMILES string of the molecule is CCOC(=O)C(=CNC1CCCC1)C(=O)OCC. The van der Waals surface area contributed by atoms with Gasteiger partial charge in [0.2, 0.25) is 0 Å². The number of ether oxygens (including phenoxy) is 2. The van der Waals surface area contributed by atoms with Crippen LogP contribution in [0.15, 0.2) is 11.8 Å². The summed E-state index contributed by atoms with van der Waals surface area (Å²) in [7, 11) is 0. The summed E-state index contributed by atoms with van der Waals surface area (Å²) in [6, 6.07) is 0.337. The van der Waals surface area contributed by atoms with Crippen LogP contribution in [0.2, 0.25) is 0 Å². The van der Waals surface area contributed by atoms with E-state index in [4.69, 9.17) is 9.47 Å². The van der Waals surface area contributed by atoms with Gasteiger partial charge in [0.15, 0.2) is 5.57 Å². The zero-order chi connectivity index (χ0) is 13.4. The smallest absolute Gasteiger partial charge is 0.347 e. The number of rotatable bonds is 6. The Bertz CT molecular complexity index is 299. The second-order valence-electron chi connectivity index (χ2n) is 4.15. The molecule has 0 aliphatic heterocycles. The summed E-state index contributed by atoms with van der Waals surface area (Å²) >= 11 is 0. The largest absolute Gasteiger partial charge is 0.462 e. The quantitative estimate of drug-likeness (QED) is 0.337. The van der Waals surface area contributed by atoms with Gasteiger partial charge in [-0.2, -0.15) is 0 Å². The number of esters is 2. The molecule has 0 unspecified atom stereocenters. The van der Waals surface area contributed by atoms with Gasteiger partial charge in [-0.05, 0) is 26.7 Å². The van der Waals surface area contributed by atoms with E-state index in [1.807, 2.05) is 0 Å². The van der Waals surface area contributed by atoms with Crippen LogP contribution in [0.3, 0.4) is 0 Å². The number of hydrogen-bond donors (Lipinski definition) is 1. The molecule has 102 valence electrons. The van der Waals surface area contributed by atoms with Crippen molar-refractivity contribution in [1.29, 1.82) is 0 Å². The van der Waals surface area contributed by atoms with Crippen molar-refractivity contribution in [2.75, 3.05) is 13.2 Å². The molecule has 1 saturated carbocycles. The third kappa shape index (κ3) is 4.39. The van der Waals surface area contributed by atoms with E-state index in [0.717, 1.165) is 12.8 Å². The lowest BCUT2D eigenvalue weighted by Crippen LogP contribution is -2.25. The molecule has 0 saturated heterocycles. The molecule has 0 bridgehead atoms. The van der Waals surface area contributed by atoms with E-state index in [-0.39, 0.29) is 18.8 Å². The minimum absolute atomic E-state index is 0.0643. The Morgan fingerprint density at radius 1 is 1.11 bits per heavy atom. The highest BCUT2D eigenvalue weighted by atomic mass is 16.6. The summed E-state index contributed by atoms with van der Waals surface area (Å²) in [5, 5.41) is 3.10. The number of nitrogens with one attached hydrogen (secondary N) is 1. The zero-order valence-electron chi connectivity index (χ0n) is 11.0. The van der Waals surface area contributed by atoms with Crippen LogP contribution in [0.5, 0.6) is 0 Å². The first-order chi connectivity index (χ1) is 8.69. The Hall–Kier alpha value is -1.52. The topological polar surface area (TPSA) is 64.6 Å². The molecule has 0 heterocycles. The van der Waals surface area contributed by atoms with E-state index in [0.29, 0.717) is 6.04 Å². The van der Waals surface area contributed by atoms with E-state index in [1.54, 1.807) is 13.8 Å². The maximum absolute atomic E-state index is 11.6. The van der Waals surface area contributed by atoms with Crippen LogP contribution in [0.4, 0.5) is 0 Å². The minimum atomic E-state index is -0.638. The molecule has 0 radical (unpaired) electrons. The van der Waals surface area contributed by atoms with Crippen LogP contribution in [0.1, 0.15) is 39.5 Å². The van der Waals surface area contributed by atoms with Crippen molar-refractivity contribution in [3.8, 4) is 0 Å². The first kappa shape index (κ1) is 14.5. The van der Waals surface area contributed by atoms with E-state index >= 15 is 0 Å². The first-order valence-corrected chi connectivity index (χ1v) is 6.49. The van der Waals surface area contributed by atoms with Gasteiger partial charge in [0.05, 0.1) is 13.2 Å². The van der Waals surface area contributed by atoms with Crippen LogP contribution in [-0.2, 0) is 19.1 Å². The molecule has 1 aliphatic rings. The zero-order valence-corrected chi connectivity index (χ0v) is 11.0. The van der Waals surface area contributed by atoms with Crippen molar-refractivity contribution in [2.24, 2.45) is 0 Å². The molecule has 1 aliphatic carbocycles. The molecule has 0 spiro atoms. The maximum atomic E-state index is 11.6. The summed E-state index contributed by atoms with van der Waals surface area (Å²) in [6.45, 7) is 3.87. The van der Waals surface area contributed by atoms with E-state index in [1.165, 1.54) is 19.0 Å². The van der Waals surface area contributed by atoms with Crippen molar-refractivity contribution in [2.45, 2.75) is 45.6 Å². The Morgan fingerprint density at radius 3 is 2.06 bits per heavy atom. The van der Waals surface area contributed by atoms with Gasteiger partial charge in [0.1, 0.15) is 0 Å². The van der Waals surface area contributed by atoms with E-state index in [9.17, 15) is 9.59 Å². The van der Waals surface area contributed by atoms with Gasteiger partial charge in [-0.15, -0.1) is 0 Å². The predicted molar refractivity (Wildman–Crippen MR) is 66.7 cm³/mol. The van der Waals surface area contributed by atoms with Crippen LogP contribution in [-0.4, -0.2) is 31.2 Å². The summed E-state index contributed by atoms with van der Waals surface area (Å²) < 4.78 is 9.68. The Morgan fingerprint density at radius 2 is 1.61 bits per heavy atom. The third-order valence-electron chi connectivity index (χ3n) is 2.81. The molecule has 5 heteroatoms. The van der Waals surface area contributed by atoms with Gasteiger partial charge in [0.25, 0.3) is 0 Å². The second-order valence-corrected chi connectivity index (χ2v) is 4.15. The molecular weight excluding hydrogens is 234 g/mol. The molecule has 0 amide bonds. The number of hydrogen-bond acceptors (Lipinski definition) is 5. The van der Waals surface area contributed by atoms with E-state index in [2.05, 4.69) is 5.32 Å². The fraction of sp³-hybridized carbons (Fsp3) is 0.692. The van der Waals surface area contributed by atoms with Crippen molar-refractivity contribution in [3.05, 3.63) is 11.8 Å². The van der Waals surface area contributed by atoms with Gasteiger partial charge in [-0.25, -0.2) is 9.59 Å². The second kappa shape index (κ2) is 7.74. The fourth-order valence-electron chi connectivity index (χ4n) is 1.91. The van der Waals surface area contributed by atoms with Crippen molar-refractivity contribution in [1.82, 2.24) is 5.32 Å². The fourth-order valence-corrected chi connectivity index (χ4v) is 1.91. The summed E-state index contributed by atoms with van der Waals surface area (Å²) in [5.74, 6) is -1.28. The third-order valence-corrected chi connectivity index (χ3v) is 2.81. The predicted octanol–water partition coefficient (Wildman–Crippen LogP) is 1.53. The van der Waals surface area contributed by atoms with Crippen molar-refractivity contribution < 1.29 is 19.1 Å². The highest BCUT2D eigenvalue weighted by molar-refractivity contribution is 6.13. The summed E-state index contributed by atoms with van der Waals surface area (Å²) in [5.41, 5.74) is -0.0643. The van der Waals surface area contributed by atoms with Gasteiger partial charge in [-0.1, -0.05) is 12.8 Å². The summed E-state index contributed by atoms with van der Waals surface area (Å²) in [4.78, 5) is 23.3. The highest BCUT2D eigenvalue weighted by Crippen LogP contribution is 2.17. The van der Waals surface area contributed by atoms with E-state index < -0.39 is 11.9 Å². The van der Waals surface area contributed by atoms with Crippen LogP contribution in [0, 0.1) is 0 Å². The number of carbonyl (C=O) groups is 2.